The Morgan fingerprint density at radius 1 is 1.67 bits per heavy atom. The summed E-state index contributed by atoms with van der Waals surface area (Å²) in [6.45, 7) is 5.86. The molecule has 68 valence electrons. The monoisotopic (exact) mass is 167 g/mol. The Hall–Kier alpha value is -0.790. The minimum absolute atomic E-state index is 0.141. The van der Waals surface area contributed by atoms with Gasteiger partial charge in [0.25, 0.3) is 0 Å². The number of carboxylic acid groups (broad SMARTS) is 1. The van der Waals surface area contributed by atoms with Crippen molar-refractivity contribution in [1.29, 1.82) is 0 Å². The summed E-state index contributed by atoms with van der Waals surface area (Å²) >= 11 is 0. The van der Waals surface area contributed by atoms with Crippen molar-refractivity contribution in [2.75, 3.05) is 0 Å². The molecule has 0 aromatic rings. The minimum atomic E-state index is -0.937. The smallest absolute Gasteiger partial charge is 0.0491 e. The number of allylic oxidation sites excluding steroid dienone is 1. The first-order valence-electron chi connectivity index (χ1n) is 4.32. The normalized spacial score (nSPS) is 27.9. The molecule has 12 heavy (non-hydrogen) atoms. The van der Waals surface area contributed by atoms with E-state index in [2.05, 4.69) is 0 Å². The zero-order valence-electron chi connectivity index (χ0n) is 7.89. The zero-order valence-corrected chi connectivity index (χ0v) is 7.89. The quantitative estimate of drug-likeness (QED) is 0.549. The largest absolute Gasteiger partial charge is 0.549 e. The highest BCUT2D eigenvalue weighted by atomic mass is 16.4. The van der Waals surface area contributed by atoms with Crippen LogP contribution >= 0.6 is 0 Å². The maximum absolute atomic E-state index is 10.8. The van der Waals surface area contributed by atoms with E-state index in [1.807, 2.05) is 26.8 Å². The van der Waals surface area contributed by atoms with Gasteiger partial charge in [-0.1, -0.05) is 25.5 Å². The van der Waals surface area contributed by atoms with Crippen LogP contribution in [-0.4, -0.2) is 5.97 Å². The van der Waals surface area contributed by atoms with Crippen molar-refractivity contribution in [3.63, 3.8) is 0 Å². The summed E-state index contributed by atoms with van der Waals surface area (Å²) in [6.07, 6.45) is 3.93. The molecule has 1 aliphatic carbocycles. The van der Waals surface area contributed by atoms with Gasteiger partial charge in [0.15, 0.2) is 0 Å². The second kappa shape index (κ2) is 2.92. The molecule has 0 saturated carbocycles. The Bertz CT molecular complexity index is 226. The van der Waals surface area contributed by atoms with Crippen molar-refractivity contribution >= 4 is 5.97 Å². The number of hydrogen-bond acceptors (Lipinski definition) is 2. The molecule has 0 saturated heterocycles. The molecule has 0 radical (unpaired) electrons. The predicted octanol–water partition coefficient (Wildman–Crippen LogP) is 1.12. The first-order valence-corrected chi connectivity index (χ1v) is 4.32. The van der Waals surface area contributed by atoms with Gasteiger partial charge in [0, 0.05) is 11.9 Å². The van der Waals surface area contributed by atoms with Crippen molar-refractivity contribution in [2.45, 2.75) is 33.6 Å². The molecule has 1 rings (SSSR count). The van der Waals surface area contributed by atoms with Gasteiger partial charge < -0.3 is 9.90 Å². The molecule has 1 unspecified atom stereocenters. The summed E-state index contributed by atoms with van der Waals surface area (Å²) in [5, 5.41) is 10.8. The average molecular weight is 167 g/mol. The van der Waals surface area contributed by atoms with Crippen LogP contribution in [0.1, 0.15) is 33.6 Å². The standard InChI is InChI=1S/C10H16O2/c1-7-5-4-6-10(2,3)8(7)9(11)12/h5,8H,4,6H2,1-3H3,(H,11,12)/p-1. The van der Waals surface area contributed by atoms with Gasteiger partial charge in [0.2, 0.25) is 0 Å². The van der Waals surface area contributed by atoms with Gasteiger partial charge in [0.05, 0.1) is 0 Å². The predicted molar refractivity (Wildman–Crippen MR) is 45.3 cm³/mol. The molecule has 0 heterocycles. The fourth-order valence-corrected chi connectivity index (χ4v) is 2.06. The molecule has 2 heteroatoms. The summed E-state index contributed by atoms with van der Waals surface area (Å²) in [4.78, 5) is 10.8. The van der Waals surface area contributed by atoms with E-state index in [1.165, 1.54) is 0 Å². The number of carboxylic acids is 1. The van der Waals surface area contributed by atoms with Crippen molar-refractivity contribution < 1.29 is 9.90 Å². The molecule has 2 nitrogen and oxygen atoms in total. The second-order valence-electron chi connectivity index (χ2n) is 4.23. The summed E-state index contributed by atoms with van der Waals surface area (Å²) in [5.74, 6) is -1.33. The molecular weight excluding hydrogens is 152 g/mol. The van der Waals surface area contributed by atoms with E-state index in [-0.39, 0.29) is 5.41 Å². The van der Waals surface area contributed by atoms with E-state index in [4.69, 9.17) is 0 Å². The fourth-order valence-electron chi connectivity index (χ4n) is 2.06. The van der Waals surface area contributed by atoms with Crippen LogP contribution < -0.4 is 5.11 Å². The van der Waals surface area contributed by atoms with E-state index >= 15 is 0 Å². The first kappa shape index (κ1) is 9.30. The topological polar surface area (TPSA) is 40.1 Å². The second-order valence-corrected chi connectivity index (χ2v) is 4.23. The van der Waals surface area contributed by atoms with Crippen LogP contribution in [-0.2, 0) is 4.79 Å². The molecule has 0 fully saturated rings. The molecule has 0 amide bonds. The third-order valence-electron chi connectivity index (χ3n) is 2.73. The third-order valence-corrected chi connectivity index (χ3v) is 2.73. The van der Waals surface area contributed by atoms with Gasteiger partial charge in [-0.05, 0) is 25.2 Å². The van der Waals surface area contributed by atoms with Crippen LogP contribution in [0, 0.1) is 11.3 Å². The fraction of sp³-hybridized carbons (Fsp3) is 0.700. The molecule has 0 aromatic heterocycles. The lowest BCUT2D eigenvalue weighted by atomic mass is 9.69. The Balaban J connectivity index is 2.96. The van der Waals surface area contributed by atoms with E-state index in [0.29, 0.717) is 0 Å². The van der Waals surface area contributed by atoms with Crippen molar-refractivity contribution in [2.24, 2.45) is 11.3 Å². The number of hydrogen-bond donors (Lipinski definition) is 0. The summed E-state index contributed by atoms with van der Waals surface area (Å²) in [5.41, 5.74) is 0.809. The number of carbonyl (C=O) groups is 1. The number of aliphatic carboxylic acids is 1. The molecule has 1 atom stereocenters. The third kappa shape index (κ3) is 1.52. The Morgan fingerprint density at radius 3 is 2.58 bits per heavy atom. The average Bonchev–Trinajstić information content (AvgIpc) is 1.82. The van der Waals surface area contributed by atoms with E-state index < -0.39 is 11.9 Å². The van der Waals surface area contributed by atoms with Crippen molar-refractivity contribution in [3.05, 3.63) is 11.6 Å². The van der Waals surface area contributed by atoms with E-state index in [9.17, 15) is 9.90 Å². The molecule has 0 N–H and O–H groups in total. The number of carbonyl (C=O) groups excluding carboxylic acids is 1. The molecule has 1 aliphatic rings. The molecule has 0 bridgehead atoms. The van der Waals surface area contributed by atoms with Crippen molar-refractivity contribution in [3.8, 4) is 0 Å². The lowest BCUT2D eigenvalue weighted by molar-refractivity contribution is -0.313. The van der Waals surface area contributed by atoms with Crippen LogP contribution in [0.25, 0.3) is 0 Å². The lowest BCUT2D eigenvalue weighted by Gasteiger charge is -2.38. The molecular formula is C10H15O2-. The van der Waals surface area contributed by atoms with Crippen LogP contribution in [0.5, 0.6) is 0 Å². The van der Waals surface area contributed by atoms with Gasteiger partial charge in [-0.2, -0.15) is 0 Å². The van der Waals surface area contributed by atoms with Gasteiger partial charge in [-0.15, -0.1) is 0 Å². The van der Waals surface area contributed by atoms with Crippen LogP contribution in [0.3, 0.4) is 0 Å². The van der Waals surface area contributed by atoms with Crippen LogP contribution in [0.2, 0.25) is 0 Å². The van der Waals surface area contributed by atoms with E-state index in [0.717, 1.165) is 18.4 Å². The number of rotatable bonds is 1. The summed E-state index contributed by atoms with van der Waals surface area (Å²) in [6, 6.07) is 0. The van der Waals surface area contributed by atoms with Gasteiger partial charge in [-0.25, -0.2) is 0 Å². The lowest BCUT2D eigenvalue weighted by Crippen LogP contribution is -2.42. The zero-order chi connectivity index (χ0) is 9.35. The first-order chi connectivity index (χ1) is 5.45. The molecule has 0 aliphatic heterocycles. The highest BCUT2D eigenvalue weighted by molar-refractivity contribution is 5.72. The molecule has 0 spiro atoms. The van der Waals surface area contributed by atoms with E-state index in [1.54, 1.807) is 0 Å². The molecule has 0 aromatic carbocycles. The van der Waals surface area contributed by atoms with Gasteiger partial charge >= 0.3 is 0 Å². The summed E-state index contributed by atoms with van der Waals surface area (Å²) in [7, 11) is 0. The summed E-state index contributed by atoms with van der Waals surface area (Å²) < 4.78 is 0. The van der Waals surface area contributed by atoms with Crippen molar-refractivity contribution in [1.82, 2.24) is 0 Å². The Kier molecular flexibility index (Phi) is 2.27. The maximum Gasteiger partial charge on any atom is 0.0491 e. The minimum Gasteiger partial charge on any atom is -0.549 e. The van der Waals surface area contributed by atoms with Crippen LogP contribution in [0.4, 0.5) is 0 Å². The van der Waals surface area contributed by atoms with Crippen LogP contribution in [0.15, 0.2) is 11.6 Å². The Morgan fingerprint density at radius 2 is 2.25 bits per heavy atom. The van der Waals surface area contributed by atoms with Gasteiger partial charge in [-0.3, -0.25) is 0 Å². The maximum atomic E-state index is 10.8. The highest BCUT2D eigenvalue weighted by Gasteiger charge is 2.33. The Labute approximate surface area is 73.3 Å². The van der Waals surface area contributed by atoms with Gasteiger partial charge in [0.1, 0.15) is 0 Å². The highest BCUT2D eigenvalue weighted by Crippen LogP contribution is 2.40. The SMILES string of the molecule is CC1=CCCC(C)(C)C1C(=O)[O-].